The normalized spacial score (nSPS) is 50.7. The van der Waals surface area contributed by atoms with Crippen molar-refractivity contribution in [1.29, 1.82) is 0 Å². The minimum atomic E-state index is -0.216. The maximum absolute atomic E-state index is 9.59. The molecule has 4 atom stereocenters. The van der Waals surface area contributed by atoms with E-state index in [1.54, 1.807) is 0 Å². The van der Waals surface area contributed by atoms with Crippen LogP contribution in [-0.4, -0.2) is 22.4 Å². The lowest BCUT2D eigenvalue weighted by atomic mass is 9.79. The molecule has 0 spiro atoms. The molecule has 0 heterocycles. The van der Waals surface area contributed by atoms with Crippen LogP contribution >= 0.6 is 0 Å². The van der Waals surface area contributed by atoms with Crippen molar-refractivity contribution in [2.45, 2.75) is 44.3 Å². The van der Waals surface area contributed by atoms with Crippen LogP contribution < -0.4 is 0 Å². The third-order valence-electron chi connectivity index (χ3n) is 3.34. The molecule has 2 heteroatoms. The van der Waals surface area contributed by atoms with Crippen molar-refractivity contribution in [2.24, 2.45) is 11.8 Å². The van der Waals surface area contributed by atoms with Gasteiger partial charge in [-0.2, -0.15) is 0 Å². The van der Waals surface area contributed by atoms with E-state index in [0.29, 0.717) is 5.92 Å². The molecule has 2 rings (SSSR count). The number of hydrogen-bond acceptors (Lipinski definition) is 2. The van der Waals surface area contributed by atoms with Crippen LogP contribution in [0.3, 0.4) is 0 Å². The summed E-state index contributed by atoms with van der Waals surface area (Å²) >= 11 is 0. The third-order valence-corrected chi connectivity index (χ3v) is 3.34. The first-order valence-corrected chi connectivity index (χ1v) is 4.65. The van der Waals surface area contributed by atoms with Gasteiger partial charge in [-0.1, -0.05) is 6.42 Å². The topological polar surface area (TPSA) is 40.5 Å². The molecule has 0 aromatic carbocycles. The molecule has 11 heavy (non-hydrogen) atoms. The summed E-state index contributed by atoms with van der Waals surface area (Å²) in [5.41, 5.74) is 0. The summed E-state index contributed by atoms with van der Waals surface area (Å²) in [4.78, 5) is 0. The average molecular weight is 156 g/mol. The second kappa shape index (κ2) is 2.76. The number of hydrogen-bond donors (Lipinski definition) is 2. The van der Waals surface area contributed by atoms with Crippen molar-refractivity contribution in [1.82, 2.24) is 0 Å². The molecule has 0 radical (unpaired) electrons. The summed E-state index contributed by atoms with van der Waals surface area (Å²) in [6.45, 7) is 0. The van der Waals surface area contributed by atoms with Crippen LogP contribution in [0.4, 0.5) is 0 Å². The predicted molar refractivity (Wildman–Crippen MR) is 42.1 cm³/mol. The number of aliphatic hydroxyl groups excluding tert-OH is 2. The highest BCUT2D eigenvalue weighted by atomic mass is 16.3. The van der Waals surface area contributed by atoms with Gasteiger partial charge in [-0.3, -0.25) is 0 Å². The van der Waals surface area contributed by atoms with Gasteiger partial charge in [-0.25, -0.2) is 0 Å². The van der Waals surface area contributed by atoms with Crippen molar-refractivity contribution < 1.29 is 10.2 Å². The zero-order valence-electron chi connectivity index (χ0n) is 6.74. The molecule has 2 fully saturated rings. The minimum Gasteiger partial charge on any atom is -0.393 e. The van der Waals surface area contributed by atoms with Crippen LogP contribution in [0.5, 0.6) is 0 Å². The van der Waals surface area contributed by atoms with E-state index in [1.807, 2.05) is 0 Å². The first-order chi connectivity index (χ1) is 5.29. The van der Waals surface area contributed by atoms with E-state index in [4.69, 9.17) is 0 Å². The molecule has 2 aliphatic rings. The molecule has 4 unspecified atom stereocenters. The first kappa shape index (κ1) is 7.56. The van der Waals surface area contributed by atoms with Crippen molar-refractivity contribution >= 4 is 0 Å². The van der Waals surface area contributed by atoms with Crippen LogP contribution in [0.1, 0.15) is 32.1 Å². The van der Waals surface area contributed by atoms with Gasteiger partial charge in [0.2, 0.25) is 0 Å². The second-order valence-electron chi connectivity index (χ2n) is 3.98. The van der Waals surface area contributed by atoms with Crippen molar-refractivity contribution in [3.63, 3.8) is 0 Å². The Labute approximate surface area is 67.2 Å². The molecule has 64 valence electrons. The van der Waals surface area contributed by atoms with Crippen LogP contribution in [0.25, 0.3) is 0 Å². The first-order valence-electron chi connectivity index (χ1n) is 4.65. The fraction of sp³-hybridized carbons (Fsp3) is 1.00. The predicted octanol–water partition coefficient (Wildman–Crippen LogP) is 0.918. The van der Waals surface area contributed by atoms with Crippen molar-refractivity contribution in [3.05, 3.63) is 0 Å². The fourth-order valence-electron chi connectivity index (χ4n) is 2.77. The highest BCUT2D eigenvalue weighted by Gasteiger charge is 2.41. The van der Waals surface area contributed by atoms with Crippen molar-refractivity contribution in [3.8, 4) is 0 Å². The summed E-state index contributed by atoms with van der Waals surface area (Å²) in [6, 6.07) is 0. The van der Waals surface area contributed by atoms with Gasteiger partial charge in [0.25, 0.3) is 0 Å². The summed E-state index contributed by atoms with van der Waals surface area (Å²) in [6.07, 6.45) is 4.88. The summed E-state index contributed by atoms with van der Waals surface area (Å²) in [5.74, 6) is 0.831. The maximum atomic E-state index is 9.59. The van der Waals surface area contributed by atoms with Gasteiger partial charge >= 0.3 is 0 Å². The molecular formula is C9H16O2. The quantitative estimate of drug-likeness (QED) is 0.547. The fourth-order valence-corrected chi connectivity index (χ4v) is 2.77. The van der Waals surface area contributed by atoms with E-state index < -0.39 is 0 Å². The highest BCUT2D eigenvalue weighted by molar-refractivity contribution is 4.91. The molecule has 2 aliphatic carbocycles. The molecule has 2 nitrogen and oxygen atoms in total. The SMILES string of the molecule is OC1CCCC2CCC(O)C12. The molecule has 0 aromatic rings. The zero-order chi connectivity index (χ0) is 7.84. The molecule has 0 bridgehead atoms. The highest BCUT2D eigenvalue weighted by Crippen LogP contribution is 2.42. The monoisotopic (exact) mass is 156 g/mol. The number of fused-ring (bicyclic) bond motifs is 1. The van der Waals surface area contributed by atoms with Gasteiger partial charge in [-0.15, -0.1) is 0 Å². The number of aliphatic hydroxyl groups is 2. The summed E-state index contributed by atoms with van der Waals surface area (Å²) < 4.78 is 0. The maximum Gasteiger partial charge on any atom is 0.0595 e. The van der Waals surface area contributed by atoms with Crippen LogP contribution in [0.15, 0.2) is 0 Å². The van der Waals surface area contributed by atoms with E-state index in [9.17, 15) is 10.2 Å². The van der Waals surface area contributed by atoms with Crippen LogP contribution in [-0.2, 0) is 0 Å². The Morgan fingerprint density at radius 1 is 0.818 bits per heavy atom. The number of rotatable bonds is 0. The second-order valence-corrected chi connectivity index (χ2v) is 3.98. The Bertz CT molecular complexity index is 144. The molecule has 0 aliphatic heterocycles. The Kier molecular flexibility index (Phi) is 1.90. The third kappa shape index (κ3) is 1.18. The van der Waals surface area contributed by atoms with Gasteiger partial charge in [0.1, 0.15) is 0 Å². The Balaban J connectivity index is 2.08. The molecule has 2 N–H and O–H groups in total. The Morgan fingerprint density at radius 3 is 2.27 bits per heavy atom. The summed E-state index contributed by atoms with van der Waals surface area (Å²) in [7, 11) is 0. The van der Waals surface area contributed by atoms with E-state index in [-0.39, 0.29) is 18.1 Å². The lowest BCUT2D eigenvalue weighted by molar-refractivity contribution is -0.0120. The zero-order valence-corrected chi connectivity index (χ0v) is 6.74. The smallest absolute Gasteiger partial charge is 0.0595 e. The van der Waals surface area contributed by atoms with Gasteiger partial charge in [0, 0.05) is 5.92 Å². The van der Waals surface area contributed by atoms with E-state index in [2.05, 4.69) is 0 Å². The van der Waals surface area contributed by atoms with E-state index in [0.717, 1.165) is 25.7 Å². The average Bonchev–Trinajstić information content (AvgIpc) is 2.34. The molecular weight excluding hydrogens is 140 g/mol. The van der Waals surface area contributed by atoms with Gasteiger partial charge < -0.3 is 10.2 Å². The molecule has 0 amide bonds. The molecule has 2 saturated carbocycles. The van der Waals surface area contributed by atoms with Gasteiger partial charge in [0.05, 0.1) is 12.2 Å². The van der Waals surface area contributed by atoms with Crippen molar-refractivity contribution in [2.75, 3.05) is 0 Å². The van der Waals surface area contributed by atoms with E-state index in [1.165, 1.54) is 6.42 Å². The molecule has 0 saturated heterocycles. The standard InChI is InChI=1S/C9H16O2/c10-7-3-1-2-6-4-5-8(11)9(6)7/h6-11H,1-5H2. The van der Waals surface area contributed by atoms with Crippen LogP contribution in [0, 0.1) is 11.8 Å². The van der Waals surface area contributed by atoms with Gasteiger partial charge in [0.15, 0.2) is 0 Å². The lowest BCUT2D eigenvalue weighted by Crippen LogP contribution is -2.35. The van der Waals surface area contributed by atoms with Gasteiger partial charge in [-0.05, 0) is 31.6 Å². The molecule has 0 aromatic heterocycles. The largest absolute Gasteiger partial charge is 0.393 e. The lowest BCUT2D eigenvalue weighted by Gasteiger charge is -2.31. The Hall–Kier alpha value is -0.0800. The van der Waals surface area contributed by atoms with Crippen LogP contribution in [0.2, 0.25) is 0 Å². The summed E-state index contributed by atoms with van der Waals surface area (Å²) in [5, 5.41) is 19.1. The Morgan fingerprint density at radius 2 is 1.55 bits per heavy atom. The minimum absolute atomic E-state index is 0.212. The van der Waals surface area contributed by atoms with E-state index >= 15 is 0 Å².